The van der Waals surface area contributed by atoms with Crippen LogP contribution in [-0.2, 0) is 4.79 Å². The molecule has 108 valence electrons. The van der Waals surface area contributed by atoms with Crippen LogP contribution in [0, 0.1) is 0 Å². The number of carbonyl (C=O) groups is 1. The quantitative estimate of drug-likeness (QED) is 0.780. The Bertz CT molecular complexity index is 643. The number of aromatic nitrogens is 4. The van der Waals surface area contributed by atoms with E-state index in [1.54, 1.807) is 17.0 Å². The first-order chi connectivity index (χ1) is 9.65. The van der Waals surface area contributed by atoms with Crippen molar-refractivity contribution >= 4 is 17.4 Å². The van der Waals surface area contributed by atoms with Crippen molar-refractivity contribution in [2.24, 2.45) is 0 Å². The molecule has 0 radical (unpaired) electrons. The zero-order valence-corrected chi connectivity index (χ0v) is 11.6. The fraction of sp³-hybridized carbons (Fsp3) is 0.500. The van der Waals surface area contributed by atoms with Crippen LogP contribution in [0.15, 0.2) is 16.9 Å². The third-order valence-corrected chi connectivity index (χ3v) is 3.03. The number of nitrogens with one attached hydrogen (secondary N) is 2. The summed E-state index contributed by atoms with van der Waals surface area (Å²) in [6.07, 6.45) is 0.391. The first-order valence-electron chi connectivity index (χ1n) is 6.61. The fourth-order valence-electron chi connectivity index (χ4n) is 1.93. The number of rotatable bonds is 6. The molecule has 0 unspecified atom stereocenters. The minimum atomic E-state index is -0.386. The SMILES string of the molecule is CCN(CC)C(=O)CCNc1ccc2n[nH]c(=O)n2n1. The van der Waals surface area contributed by atoms with Crippen molar-refractivity contribution in [3.8, 4) is 0 Å². The molecule has 0 aliphatic carbocycles. The van der Waals surface area contributed by atoms with Crippen LogP contribution in [0.4, 0.5) is 5.82 Å². The second kappa shape index (κ2) is 6.18. The van der Waals surface area contributed by atoms with Crippen LogP contribution in [0.1, 0.15) is 20.3 Å². The van der Waals surface area contributed by atoms with Gasteiger partial charge in [0.25, 0.3) is 0 Å². The van der Waals surface area contributed by atoms with Gasteiger partial charge < -0.3 is 10.2 Å². The second-order valence-electron chi connectivity index (χ2n) is 4.26. The van der Waals surface area contributed by atoms with Gasteiger partial charge in [0.2, 0.25) is 5.91 Å². The van der Waals surface area contributed by atoms with Crippen molar-refractivity contribution in [2.45, 2.75) is 20.3 Å². The van der Waals surface area contributed by atoms with Gasteiger partial charge >= 0.3 is 5.69 Å². The zero-order valence-electron chi connectivity index (χ0n) is 11.6. The van der Waals surface area contributed by atoms with Crippen LogP contribution in [0.5, 0.6) is 0 Å². The number of amides is 1. The molecule has 2 aromatic heterocycles. The number of hydrogen-bond donors (Lipinski definition) is 2. The molecule has 0 saturated heterocycles. The number of H-pyrrole nitrogens is 1. The summed E-state index contributed by atoms with van der Waals surface area (Å²) in [6, 6.07) is 3.40. The van der Waals surface area contributed by atoms with Gasteiger partial charge in [-0.2, -0.15) is 9.61 Å². The first kappa shape index (κ1) is 14.0. The highest BCUT2D eigenvalue weighted by atomic mass is 16.2. The summed E-state index contributed by atoms with van der Waals surface area (Å²) in [7, 11) is 0. The number of hydrogen-bond acceptors (Lipinski definition) is 5. The minimum absolute atomic E-state index is 0.101. The molecule has 1 amide bonds. The van der Waals surface area contributed by atoms with Crippen LogP contribution in [0.3, 0.4) is 0 Å². The summed E-state index contributed by atoms with van der Waals surface area (Å²) in [4.78, 5) is 25.0. The lowest BCUT2D eigenvalue weighted by Crippen LogP contribution is -2.31. The number of carbonyl (C=O) groups excluding carboxylic acids is 1. The molecule has 2 heterocycles. The highest BCUT2D eigenvalue weighted by molar-refractivity contribution is 5.76. The number of nitrogens with zero attached hydrogens (tertiary/aromatic N) is 4. The van der Waals surface area contributed by atoms with Crippen molar-refractivity contribution in [3.63, 3.8) is 0 Å². The summed E-state index contributed by atoms with van der Waals surface area (Å²) in [6.45, 7) is 5.81. The van der Waals surface area contributed by atoms with Gasteiger partial charge in [-0.25, -0.2) is 9.89 Å². The average molecular weight is 278 g/mol. The predicted molar refractivity (Wildman–Crippen MR) is 74.6 cm³/mol. The number of fused-ring (bicyclic) bond motifs is 1. The van der Waals surface area contributed by atoms with Crippen LogP contribution in [0.2, 0.25) is 0 Å². The zero-order chi connectivity index (χ0) is 14.5. The van der Waals surface area contributed by atoms with E-state index in [1.165, 1.54) is 4.52 Å². The fourth-order valence-corrected chi connectivity index (χ4v) is 1.93. The summed E-state index contributed by atoms with van der Waals surface area (Å²) < 4.78 is 1.18. The Balaban J connectivity index is 1.94. The van der Waals surface area contributed by atoms with E-state index < -0.39 is 0 Å². The van der Waals surface area contributed by atoms with Crippen LogP contribution < -0.4 is 11.0 Å². The average Bonchev–Trinajstić information content (AvgIpc) is 2.82. The maximum Gasteiger partial charge on any atom is 0.364 e. The highest BCUT2D eigenvalue weighted by Crippen LogP contribution is 2.03. The van der Waals surface area contributed by atoms with E-state index in [1.807, 2.05) is 13.8 Å². The van der Waals surface area contributed by atoms with Crippen LogP contribution in [-0.4, -0.2) is 50.3 Å². The van der Waals surface area contributed by atoms with E-state index in [9.17, 15) is 9.59 Å². The van der Waals surface area contributed by atoms with E-state index in [4.69, 9.17) is 0 Å². The van der Waals surface area contributed by atoms with E-state index >= 15 is 0 Å². The largest absolute Gasteiger partial charge is 0.368 e. The molecule has 0 aromatic carbocycles. The van der Waals surface area contributed by atoms with E-state index in [-0.39, 0.29) is 11.6 Å². The van der Waals surface area contributed by atoms with Gasteiger partial charge in [0, 0.05) is 26.1 Å². The molecule has 0 aliphatic heterocycles. The molecular weight excluding hydrogens is 260 g/mol. The van der Waals surface area contributed by atoms with E-state index in [0.717, 1.165) is 0 Å². The molecule has 0 atom stereocenters. The monoisotopic (exact) mass is 278 g/mol. The number of anilines is 1. The molecule has 2 N–H and O–H groups in total. The number of aromatic amines is 1. The van der Waals surface area contributed by atoms with Crippen molar-refractivity contribution in [2.75, 3.05) is 25.0 Å². The molecule has 0 saturated carbocycles. The Morgan fingerprint density at radius 3 is 2.85 bits per heavy atom. The van der Waals surface area contributed by atoms with Crippen molar-refractivity contribution in [1.29, 1.82) is 0 Å². The molecule has 8 heteroatoms. The van der Waals surface area contributed by atoms with Gasteiger partial charge in [0.15, 0.2) is 5.65 Å². The van der Waals surface area contributed by atoms with Gasteiger partial charge in [-0.15, -0.1) is 5.10 Å². The molecule has 8 nitrogen and oxygen atoms in total. The maximum absolute atomic E-state index is 11.8. The standard InChI is InChI=1S/C12H18N6O2/c1-3-17(4-2)11(19)7-8-13-9-5-6-10-14-15-12(20)18(10)16-9/h5-6H,3-4,7-8H2,1-2H3,(H,13,16)(H,15,20). The molecule has 2 rings (SSSR count). The molecule has 20 heavy (non-hydrogen) atoms. The van der Waals surface area contributed by atoms with Crippen molar-refractivity contribution < 1.29 is 4.79 Å². The normalized spacial score (nSPS) is 10.7. The van der Waals surface area contributed by atoms with Crippen molar-refractivity contribution in [3.05, 3.63) is 22.6 Å². The summed E-state index contributed by atoms with van der Waals surface area (Å²) in [5.41, 5.74) is 0.0719. The Labute approximate surface area is 115 Å². The molecule has 2 aromatic rings. The summed E-state index contributed by atoms with van der Waals surface area (Å²) >= 11 is 0. The Kier molecular flexibility index (Phi) is 4.34. The predicted octanol–water partition coefficient (Wildman–Crippen LogP) is 0.0880. The summed E-state index contributed by atoms with van der Waals surface area (Å²) in [5, 5.41) is 13.2. The molecule has 0 fully saturated rings. The lowest BCUT2D eigenvalue weighted by Gasteiger charge is -2.18. The van der Waals surface area contributed by atoms with Gasteiger partial charge in [-0.05, 0) is 26.0 Å². The Morgan fingerprint density at radius 2 is 2.15 bits per heavy atom. The first-order valence-corrected chi connectivity index (χ1v) is 6.61. The third kappa shape index (κ3) is 2.95. The van der Waals surface area contributed by atoms with Crippen molar-refractivity contribution in [1.82, 2.24) is 24.7 Å². The van der Waals surface area contributed by atoms with Gasteiger partial charge in [0.1, 0.15) is 5.82 Å². The minimum Gasteiger partial charge on any atom is -0.368 e. The van der Waals surface area contributed by atoms with Crippen LogP contribution >= 0.6 is 0 Å². The van der Waals surface area contributed by atoms with Gasteiger partial charge in [-0.1, -0.05) is 0 Å². The smallest absolute Gasteiger partial charge is 0.364 e. The lowest BCUT2D eigenvalue weighted by molar-refractivity contribution is -0.130. The Morgan fingerprint density at radius 1 is 1.40 bits per heavy atom. The maximum atomic E-state index is 11.8. The second-order valence-corrected chi connectivity index (χ2v) is 4.26. The van der Waals surface area contributed by atoms with Crippen LogP contribution in [0.25, 0.3) is 5.65 Å². The Hall–Kier alpha value is -2.38. The molecule has 0 aliphatic rings. The molecular formula is C12H18N6O2. The third-order valence-electron chi connectivity index (χ3n) is 3.03. The van der Waals surface area contributed by atoms with Gasteiger partial charge in [0.05, 0.1) is 0 Å². The van der Waals surface area contributed by atoms with E-state index in [0.29, 0.717) is 37.5 Å². The highest BCUT2D eigenvalue weighted by Gasteiger charge is 2.09. The lowest BCUT2D eigenvalue weighted by atomic mass is 10.3. The summed E-state index contributed by atoms with van der Waals surface area (Å²) in [5.74, 6) is 0.636. The molecule has 0 spiro atoms. The molecule has 0 bridgehead atoms. The van der Waals surface area contributed by atoms with E-state index in [2.05, 4.69) is 20.6 Å². The van der Waals surface area contributed by atoms with Gasteiger partial charge in [-0.3, -0.25) is 4.79 Å². The topological polar surface area (TPSA) is 95.4 Å².